The van der Waals surface area contributed by atoms with Gasteiger partial charge in [0, 0.05) is 36.9 Å². The van der Waals surface area contributed by atoms with E-state index in [1.807, 2.05) is 11.0 Å². The Labute approximate surface area is 156 Å². The Morgan fingerprint density at radius 2 is 1.85 bits per heavy atom. The maximum Gasteiger partial charge on any atom is 0.238 e. The quantitative estimate of drug-likeness (QED) is 0.895. The zero-order chi connectivity index (χ0) is 18.5. The average molecular weight is 373 g/mol. The number of halogens is 2. The van der Waals surface area contributed by atoms with E-state index >= 15 is 0 Å². The molecule has 0 spiro atoms. The molecule has 26 heavy (non-hydrogen) atoms. The first-order valence-corrected chi connectivity index (χ1v) is 8.65. The van der Waals surface area contributed by atoms with Crippen LogP contribution in [0.2, 0.25) is 5.02 Å². The number of nitrogens with zero attached hydrogens (tertiary/aromatic N) is 3. The van der Waals surface area contributed by atoms with E-state index in [4.69, 9.17) is 16.9 Å². The second kappa shape index (κ2) is 8.17. The number of amides is 1. The molecule has 1 saturated heterocycles. The smallest absolute Gasteiger partial charge is 0.238 e. The molecule has 3 rings (SSSR count). The van der Waals surface area contributed by atoms with E-state index < -0.39 is 0 Å². The van der Waals surface area contributed by atoms with E-state index in [9.17, 15) is 9.18 Å². The third-order valence-electron chi connectivity index (χ3n) is 4.31. The van der Waals surface area contributed by atoms with Crippen molar-refractivity contribution in [2.75, 3.05) is 42.9 Å². The Hall–Kier alpha value is -2.62. The molecule has 1 aliphatic rings. The van der Waals surface area contributed by atoms with Gasteiger partial charge in [0.2, 0.25) is 5.91 Å². The van der Waals surface area contributed by atoms with Gasteiger partial charge in [0.25, 0.3) is 0 Å². The van der Waals surface area contributed by atoms with E-state index in [1.165, 1.54) is 12.1 Å². The third-order valence-corrected chi connectivity index (χ3v) is 4.54. The molecule has 7 heteroatoms. The van der Waals surface area contributed by atoms with Crippen molar-refractivity contribution >= 4 is 28.9 Å². The van der Waals surface area contributed by atoms with E-state index in [2.05, 4.69) is 10.2 Å². The number of piperazine rings is 1. The van der Waals surface area contributed by atoms with Crippen molar-refractivity contribution in [1.29, 1.82) is 5.26 Å². The highest BCUT2D eigenvalue weighted by molar-refractivity contribution is 6.31. The lowest BCUT2D eigenvalue weighted by Crippen LogP contribution is -2.48. The predicted molar refractivity (Wildman–Crippen MR) is 99.8 cm³/mol. The third kappa shape index (κ3) is 4.51. The predicted octanol–water partition coefficient (Wildman–Crippen LogP) is 3.11. The van der Waals surface area contributed by atoms with Crippen molar-refractivity contribution in [2.45, 2.75) is 0 Å². The van der Waals surface area contributed by atoms with Gasteiger partial charge in [0.1, 0.15) is 11.9 Å². The van der Waals surface area contributed by atoms with Crippen LogP contribution in [0.3, 0.4) is 0 Å². The van der Waals surface area contributed by atoms with E-state index in [0.717, 1.165) is 31.9 Å². The first kappa shape index (κ1) is 18.2. The van der Waals surface area contributed by atoms with Crippen LogP contribution in [0.15, 0.2) is 42.5 Å². The second-order valence-electron chi connectivity index (χ2n) is 6.09. The summed E-state index contributed by atoms with van der Waals surface area (Å²) in [5.41, 5.74) is 1.78. The van der Waals surface area contributed by atoms with Crippen LogP contribution in [0.5, 0.6) is 0 Å². The lowest BCUT2D eigenvalue weighted by Gasteiger charge is -2.35. The lowest BCUT2D eigenvalue weighted by atomic mass is 10.2. The van der Waals surface area contributed by atoms with Gasteiger partial charge in [-0.3, -0.25) is 9.69 Å². The van der Waals surface area contributed by atoms with Crippen molar-refractivity contribution in [2.24, 2.45) is 0 Å². The highest BCUT2D eigenvalue weighted by Gasteiger charge is 2.19. The SMILES string of the molecule is N#Cc1ccc(Cl)cc1NC(=O)CN1CCN(c2ccc(F)cc2)CC1. The summed E-state index contributed by atoms with van der Waals surface area (Å²) >= 11 is 5.93. The largest absolute Gasteiger partial charge is 0.369 e. The van der Waals surface area contributed by atoms with Crippen LogP contribution in [0.1, 0.15) is 5.56 Å². The molecule has 1 amide bonds. The van der Waals surface area contributed by atoms with Gasteiger partial charge in [-0.2, -0.15) is 5.26 Å². The molecule has 0 atom stereocenters. The van der Waals surface area contributed by atoms with E-state index in [0.29, 0.717) is 16.3 Å². The van der Waals surface area contributed by atoms with Gasteiger partial charge in [-0.15, -0.1) is 0 Å². The molecule has 1 aliphatic heterocycles. The monoisotopic (exact) mass is 372 g/mol. The number of hydrogen-bond donors (Lipinski definition) is 1. The zero-order valence-electron chi connectivity index (χ0n) is 14.1. The molecule has 0 saturated carbocycles. The number of benzene rings is 2. The molecular weight excluding hydrogens is 355 g/mol. The number of nitrogens with one attached hydrogen (secondary N) is 1. The molecule has 2 aromatic carbocycles. The van der Waals surface area contributed by atoms with E-state index in [1.54, 1.807) is 30.3 Å². The fraction of sp³-hybridized carbons (Fsp3) is 0.263. The maximum absolute atomic E-state index is 13.0. The maximum atomic E-state index is 13.0. The Balaban J connectivity index is 1.53. The van der Waals surface area contributed by atoms with Gasteiger partial charge in [-0.25, -0.2) is 4.39 Å². The van der Waals surface area contributed by atoms with Crippen LogP contribution >= 0.6 is 11.6 Å². The summed E-state index contributed by atoms with van der Waals surface area (Å²) in [6.45, 7) is 3.23. The van der Waals surface area contributed by atoms with Gasteiger partial charge in [-0.1, -0.05) is 11.6 Å². The molecule has 0 bridgehead atoms. The number of nitriles is 1. The molecule has 1 heterocycles. The number of carbonyl (C=O) groups is 1. The Bertz CT molecular complexity index is 826. The topological polar surface area (TPSA) is 59.4 Å². The van der Waals surface area contributed by atoms with Crippen molar-refractivity contribution in [3.63, 3.8) is 0 Å². The summed E-state index contributed by atoms with van der Waals surface area (Å²) in [6, 6.07) is 13.2. The van der Waals surface area contributed by atoms with Crippen LogP contribution in [0.4, 0.5) is 15.8 Å². The Kier molecular flexibility index (Phi) is 5.71. The zero-order valence-corrected chi connectivity index (χ0v) is 14.8. The number of anilines is 2. The average Bonchev–Trinajstić information content (AvgIpc) is 2.63. The summed E-state index contributed by atoms with van der Waals surface area (Å²) in [7, 11) is 0. The standard InChI is InChI=1S/C19H18ClFN4O/c20-15-2-1-14(12-22)18(11-15)23-19(26)13-24-7-9-25(10-8-24)17-5-3-16(21)4-6-17/h1-6,11H,7-10,13H2,(H,23,26). The Morgan fingerprint density at radius 3 is 2.50 bits per heavy atom. The summed E-state index contributed by atoms with van der Waals surface area (Å²) < 4.78 is 13.0. The van der Waals surface area contributed by atoms with Gasteiger partial charge in [0.05, 0.1) is 17.8 Å². The van der Waals surface area contributed by atoms with Crippen molar-refractivity contribution in [3.05, 3.63) is 58.9 Å². The van der Waals surface area contributed by atoms with Crippen molar-refractivity contribution in [3.8, 4) is 6.07 Å². The molecule has 0 aromatic heterocycles. The number of rotatable bonds is 4. The fourth-order valence-corrected chi connectivity index (χ4v) is 3.10. The van der Waals surface area contributed by atoms with Crippen LogP contribution in [-0.2, 0) is 4.79 Å². The van der Waals surface area contributed by atoms with Crippen molar-refractivity contribution < 1.29 is 9.18 Å². The Morgan fingerprint density at radius 1 is 1.15 bits per heavy atom. The highest BCUT2D eigenvalue weighted by Crippen LogP contribution is 2.21. The molecule has 1 fully saturated rings. The summed E-state index contributed by atoms with van der Waals surface area (Å²) in [4.78, 5) is 16.5. The summed E-state index contributed by atoms with van der Waals surface area (Å²) in [5, 5.41) is 12.3. The molecule has 0 unspecified atom stereocenters. The molecular formula is C19H18ClFN4O. The van der Waals surface area contributed by atoms with Crippen LogP contribution in [0, 0.1) is 17.1 Å². The minimum absolute atomic E-state index is 0.181. The molecule has 134 valence electrons. The first-order chi connectivity index (χ1) is 12.5. The minimum Gasteiger partial charge on any atom is -0.369 e. The van der Waals surface area contributed by atoms with Gasteiger partial charge in [-0.05, 0) is 42.5 Å². The molecule has 0 radical (unpaired) electrons. The number of carbonyl (C=O) groups excluding carboxylic acids is 1. The van der Waals surface area contributed by atoms with Crippen LogP contribution in [-0.4, -0.2) is 43.5 Å². The van der Waals surface area contributed by atoms with E-state index in [-0.39, 0.29) is 18.3 Å². The molecule has 5 nitrogen and oxygen atoms in total. The van der Waals surface area contributed by atoms with Gasteiger partial charge >= 0.3 is 0 Å². The fourth-order valence-electron chi connectivity index (χ4n) is 2.93. The molecule has 0 aliphatic carbocycles. The van der Waals surface area contributed by atoms with Crippen LogP contribution in [0.25, 0.3) is 0 Å². The summed E-state index contributed by atoms with van der Waals surface area (Å²) in [6.07, 6.45) is 0. The van der Waals surface area contributed by atoms with Crippen molar-refractivity contribution in [1.82, 2.24) is 4.90 Å². The number of hydrogen-bond acceptors (Lipinski definition) is 4. The minimum atomic E-state index is -0.248. The first-order valence-electron chi connectivity index (χ1n) is 8.27. The summed E-state index contributed by atoms with van der Waals surface area (Å²) in [5.74, 6) is -0.430. The van der Waals surface area contributed by atoms with Gasteiger partial charge in [0.15, 0.2) is 0 Å². The molecule has 1 N–H and O–H groups in total. The molecule has 2 aromatic rings. The lowest BCUT2D eigenvalue weighted by molar-refractivity contribution is -0.117. The normalized spacial score (nSPS) is 14.7. The highest BCUT2D eigenvalue weighted by atomic mass is 35.5. The van der Waals surface area contributed by atoms with Gasteiger partial charge < -0.3 is 10.2 Å². The van der Waals surface area contributed by atoms with Crippen LogP contribution < -0.4 is 10.2 Å². The second-order valence-corrected chi connectivity index (χ2v) is 6.53.